The molecule has 0 radical (unpaired) electrons. The van der Waals surface area contributed by atoms with Gasteiger partial charge in [-0.05, 0) is 29.7 Å². The maximum Gasteiger partial charge on any atom is 0.123 e. The molecule has 12 heavy (non-hydrogen) atoms. The van der Waals surface area contributed by atoms with Gasteiger partial charge < -0.3 is 5.73 Å². The summed E-state index contributed by atoms with van der Waals surface area (Å²) in [5.74, 6) is -0.179. The van der Waals surface area contributed by atoms with Crippen LogP contribution < -0.4 is 5.73 Å². The van der Waals surface area contributed by atoms with E-state index in [2.05, 4.69) is 6.92 Å². The predicted molar refractivity (Wildman–Crippen MR) is 48.3 cm³/mol. The van der Waals surface area contributed by atoms with Crippen molar-refractivity contribution in [1.82, 2.24) is 0 Å². The number of nitrogens with two attached hydrogens (primary N) is 1. The molecule has 0 fully saturated rings. The third-order valence-corrected chi connectivity index (χ3v) is 1.79. The van der Waals surface area contributed by atoms with Gasteiger partial charge in [0, 0.05) is 6.54 Å². The highest BCUT2D eigenvalue weighted by Gasteiger charge is 1.98. The Labute approximate surface area is 72.4 Å². The number of benzene rings is 1. The SMILES string of the molecule is CCCc1cc(F)cc(CN)c1. The summed E-state index contributed by atoms with van der Waals surface area (Å²) in [4.78, 5) is 0. The van der Waals surface area contributed by atoms with Crippen LogP contribution in [-0.2, 0) is 13.0 Å². The van der Waals surface area contributed by atoms with Gasteiger partial charge in [0.2, 0.25) is 0 Å². The molecular weight excluding hydrogens is 153 g/mol. The Morgan fingerprint density at radius 3 is 2.50 bits per heavy atom. The Morgan fingerprint density at radius 1 is 1.25 bits per heavy atom. The largest absolute Gasteiger partial charge is 0.326 e. The van der Waals surface area contributed by atoms with Crippen LogP contribution in [-0.4, -0.2) is 0 Å². The smallest absolute Gasteiger partial charge is 0.123 e. The van der Waals surface area contributed by atoms with Gasteiger partial charge in [-0.25, -0.2) is 4.39 Å². The van der Waals surface area contributed by atoms with Crippen LogP contribution in [0.2, 0.25) is 0 Å². The zero-order valence-electron chi connectivity index (χ0n) is 7.31. The molecule has 0 aliphatic heterocycles. The molecule has 0 heterocycles. The van der Waals surface area contributed by atoms with Crippen LogP contribution in [0.25, 0.3) is 0 Å². The van der Waals surface area contributed by atoms with Crippen LogP contribution in [0.4, 0.5) is 4.39 Å². The zero-order chi connectivity index (χ0) is 8.97. The van der Waals surface area contributed by atoms with Gasteiger partial charge in [0.1, 0.15) is 5.82 Å². The molecule has 1 rings (SSSR count). The topological polar surface area (TPSA) is 26.0 Å². The number of aryl methyl sites for hydroxylation is 1. The molecule has 0 atom stereocenters. The summed E-state index contributed by atoms with van der Waals surface area (Å²) in [5.41, 5.74) is 7.33. The average Bonchev–Trinajstić information content (AvgIpc) is 2.04. The monoisotopic (exact) mass is 167 g/mol. The Bertz CT molecular complexity index is 258. The number of halogens is 1. The molecule has 0 spiro atoms. The van der Waals surface area contributed by atoms with Gasteiger partial charge in [0.05, 0.1) is 0 Å². The highest BCUT2D eigenvalue weighted by molar-refractivity contribution is 5.24. The van der Waals surface area contributed by atoms with Crippen LogP contribution in [0.5, 0.6) is 0 Å². The molecule has 0 aromatic heterocycles. The summed E-state index contributed by atoms with van der Waals surface area (Å²) in [5, 5.41) is 0. The van der Waals surface area contributed by atoms with Gasteiger partial charge in [-0.15, -0.1) is 0 Å². The first-order valence-corrected chi connectivity index (χ1v) is 4.24. The first kappa shape index (κ1) is 9.20. The number of hydrogen-bond acceptors (Lipinski definition) is 1. The van der Waals surface area contributed by atoms with Crippen molar-refractivity contribution in [3.05, 3.63) is 35.1 Å². The second-order valence-corrected chi connectivity index (χ2v) is 2.92. The molecule has 66 valence electrons. The minimum Gasteiger partial charge on any atom is -0.326 e. The minimum atomic E-state index is -0.179. The number of rotatable bonds is 3. The van der Waals surface area contributed by atoms with Gasteiger partial charge in [0.25, 0.3) is 0 Å². The van der Waals surface area contributed by atoms with E-state index in [1.54, 1.807) is 6.07 Å². The zero-order valence-corrected chi connectivity index (χ0v) is 7.31. The maximum absolute atomic E-state index is 12.9. The van der Waals surface area contributed by atoms with Gasteiger partial charge in [-0.3, -0.25) is 0 Å². The molecule has 0 amide bonds. The van der Waals surface area contributed by atoms with E-state index in [1.165, 1.54) is 6.07 Å². The molecule has 0 aliphatic carbocycles. The Hall–Kier alpha value is -0.890. The van der Waals surface area contributed by atoms with E-state index in [0.717, 1.165) is 24.0 Å². The molecule has 1 aromatic carbocycles. The predicted octanol–water partition coefficient (Wildman–Crippen LogP) is 2.24. The molecule has 0 bridgehead atoms. The Morgan fingerprint density at radius 2 is 1.92 bits per heavy atom. The van der Waals surface area contributed by atoms with Crippen LogP contribution in [0.1, 0.15) is 24.5 Å². The number of hydrogen-bond donors (Lipinski definition) is 1. The van der Waals surface area contributed by atoms with Crippen LogP contribution in [0.3, 0.4) is 0 Å². The van der Waals surface area contributed by atoms with Crippen molar-refractivity contribution in [2.24, 2.45) is 5.73 Å². The summed E-state index contributed by atoms with van der Waals surface area (Å²) < 4.78 is 12.9. The second-order valence-electron chi connectivity index (χ2n) is 2.92. The summed E-state index contributed by atoms with van der Waals surface area (Å²) in [6.07, 6.45) is 1.96. The summed E-state index contributed by atoms with van der Waals surface area (Å²) in [7, 11) is 0. The van der Waals surface area contributed by atoms with Crippen LogP contribution in [0.15, 0.2) is 18.2 Å². The Balaban J connectivity index is 2.90. The summed E-state index contributed by atoms with van der Waals surface area (Å²) >= 11 is 0. The first-order chi connectivity index (χ1) is 5.76. The lowest BCUT2D eigenvalue weighted by Gasteiger charge is -2.02. The van der Waals surface area contributed by atoms with E-state index < -0.39 is 0 Å². The molecule has 2 N–H and O–H groups in total. The quantitative estimate of drug-likeness (QED) is 0.734. The minimum absolute atomic E-state index is 0.179. The van der Waals surface area contributed by atoms with Crippen molar-refractivity contribution in [3.63, 3.8) is 0 Å². The Kier molecular flexibility index (Phi) is 3.23. The third kappa shape index (κ3) is 2.31. The van der Waals surface area contributed by atoms with E-state index in [-0.39, 0.29) is 5.82 Å². The molecule has 0 unspecified atom stereocenters. The highest BCUT2D eigenvalue weighted by Crippen LogP contribution is 2.10. The second kappa shape index (κ2) is 4.21. The van der Waals surface area contributed by atoms with E-state index in [9.17, 15) is 4.39 Å². The lowest BCUT2D eigenvalue weighted by atomic mass is 10.1. The molecule has 1 nitrogen and oxygen atoms in total. The van der Waals surface area contributed by atoms with Crippen LogP contribution in [0, 0.1) is 5.82 Å². The third-order valence-electron chi connectivity index (χ3n) is 1.79. The van der Waals surface area contributed by atoms with Gasteiger partial charge in [-0.2, -0.15) is 0 Å². The van der Waals surface area contributed by atoms with Crippen LogP contribution >= 0.6 is 0 Å². The fourth-order valence-electron chi connectivity index (χ4n) is 1.27. The molecule has 1 aromatic rings. The lowest BCUT2D eigenvalue weighted by molar-refractivity contribution is 0.622. The first-order valence-electron chi connectivity index (χ1n) is 4.24. The van der Waals surface area contributed by atoms with Gasteiger partial charge >= 0.3 is 0 Å². The lowest BCUT2D eigenvalue weighted by Crippen LogP contribution is -1.98. The normalized spacial score (nSPS) is 10.2. The fraction of sp³-hybridized carbons (Fsp3) is 0.400. The van der Waals surface area contributed by atoms with E-state index in [4.69, 9.17) is 5.73 Å². The van der Waals surface area contributed by atoms with Crippen molar-refractivity contribution in [2.75, 3.05) is 0 Å². The molecular formula is C10H14FN. The maximum atomic E-state index is 12.9. The van der Waals surface area contributed by atoms with Crippen molar-refractivity contribution in [3.8, 4) is 0 Å². The van der Waals surface area contributed by atoms with E-state index in [1.807, 2.05) is 6.07 Å². The van der Waals surface area contributed by atoms with E-state index >= 15 is 0 Å². The molecule has 2 heteroatoms. The standard InChI is InChI=1S/C10H14FN/c1-2-3-8-4-9(7-12)6-10(11)5-8/h4-6H,2-3,7,12H2,1H3. The van der Waals surface area contributed by atoms with Crippen molar-refractivity contribution in [2.45, 2.75) is 26.3 Å². The summed E-state index contributed by atoms with van der Waals surface area (Å²) in [6, 6.07) is 5.02. The van der Waals surface area contributed by atoms with Crippen molar-refractivity contribution < 1.29 is 4.39 Å². The molecule has 0 saturated heterocycles. The van der Waals surface area contributed by atoms with Crippen molar-refractivity contribution in [1.29, 1.82) is 0 Å². The van der Waals surface area contributed by atoms with Gasteiger partial charge in [0.15, 0.2) is 0 Å². The highest BCUT2D eigenvalue weighted by atomic mass is 19.1. The van der Waals surface area contributed by atoms with E-state index in [0.29, 0.717) is 6.54 Å². The molecule has 0 saturated carbocycles. The van der Waals surface area contributed by atoms with Gasteiger partial charge in [-0.1, -0.05) is 19.4 Å². The van der Waals surface area contributed by atoms with Crippen molar-refractivity contribution >= 4 is 0 Å². The average molecular weight is 167 g/mol. The fourth-order valence-corrected chi connectivity index (χ4v) is 1.27. The molecule has 0 aliphatic rings. The summed E-state index contributed by atoms with van der Waals surface area (Å²) in [6.45, 7) is 2.49.